The number of aromatic nitrogens is 4. The van der Waals surface area contributed by atoms with Crippen LogP contribution in [0.2, 0.25) is 0 Å². The molecule has 0 unspecified atom stereocenters. The Bertz CT molecular complexity index is 1140. The minimum Gasteiger partial charge on any atom is -0.495 e. The zero-order valence-corrected chi connectivity index (χ0v) is 17.9. The number of nitrogens with zero attached hydrogens (tertiary/aromatic N) is 5. The lowest BCUT2D eigenvalue weighted by Crippen LogP contribution is -2.30. The van der Waals surface area contributed by atoms with Crippen molar-refractivity contribution in [1.29, 1.82) is 0 Å². The summed E-state index contributed by atoms with van der Waals surface area (Å²) in [7, 11) is 5.01. The standard InChI is InChI=1S/C21H21N5O3S/c1-13-10-15(24-25(13)2)20(27)26(12-14-6-5-9-22-11-14)21-23-18-16(28-3)7-8-17(29-4)19(18)30-21/h5-11H,12H2,1-4H3. The lowest BCUT2D eigenvalue weighted by Gasteiger charge is -2.18. The number of rotatable bonds is 6. The summed E-state index contributed by atoms with van der Waals surface area (Å²) in [6.07, 6.45) is 3.43. The highest BCUT2D eigenvalue weighted by Gasteiger charge is 2.26. The molecular formula is C21H21N5O3S. The van der Waals surface area contributed by atoms with E-state index in [0.717, 1.165) is 16.0 Å². The highest BCUT2D eigenvalue weighted by atomic mass is 32.1. The third-order valence-electron chi connectivity index (χ3n) is 4.77. The molecule has 3 heterocycles. The molecule has 154 valence electrons. The third kappa shape index (κ3) is 3.59. The van der Waals surface area contributed by atoms with Crippen LogP contribution >= 0.6 is 11.3 Å². The van der Waals surface area contributed by atoms with Gasteiger partial charge in [0.25, 0.3) is 5.91 Å². The molecule has 0 aliphatic heterocycles. The van der Waals surface area contributed by atoms with Crippen LogP contribution in [-0.4, -0.2) is 39.9 Å². The number of hydrogen-bond donors (Lipinski definition) is 0. The monoisotopic (exact) mass is 423 g/mol. The van der Waals surface area contributed by atoms with Crippen molar-refractivity contribution in [1.82, 2.24) is 19.7 Å². The van der Waals surface area contributed by atoms with E-state index in [4.69, 9.17) is 14.5 Å². The molecule has 0 saturated heterocycles. The summed E-state index contributed by atoms with van der Waals surface area (Å²) in [5.74, 6) is 1.06. The number of thiazole rings is 1. The van der Waals surface area contributed by atoms with Crippen molar-refractivity contribution in [3.8, 4) is 11.5 Å². The number of hydrogen-bond acceptors (Lipinski definition) is 7. The number of methoxy groups -OCH3 is 2. The van der Waals surface area contributed by atoms with Crippen LogP contribution in [0.4, 0.5) is 5.13 Å². The van der Waals surface area contributed by atoms with Gasteiger partial charge in [0.05, 0.1) is 20.8 Å². The van der Waals surface area contributed by atoms with Crippen LogP contribution in [0.3, 0.4) is 0 Å². The first kappa shape index (κ1) is 19.8. The van der Waals surface area contributed by atoms with Crippen LogP contribution in [-0.2, 0) is 13.6 Å². The number of benzene rings is 1. The maximum absolute atomic E-state index is 13.4. The molecular weight excluding hydrogens is 402 g/mol. The van der Waals surface area contributed by atoms with Gasteiger partial charge in [0.2, 0.25) is 0 Å². The van der Waals surface area contributed by atoms with Gasteiger partial charge in [-0.25, -0.2) is 4.98 Å². The molecule has 1 aromatic carbocycles. The van der Waals surface area contributed by atoms with Crippen molar-refractivity contribution in [3.05, 3.63) is 59.7 Å². The van der Waals surface area contributed by atoms with Gasteiger partial charge in [-0.2, -0.15) is 5.10 Å². The molecule has 0 saturated carbocycles. The van der Waals surface area contributed by atoms with Crippen LogP contribution in [0.1, 0.15) is 21.7 Å². The van der Waals surface area contributed by atoms with Crippen molar-refractivity contribution in [2.75, 3.05) is 19.1 Å². The predicted molar refractivity (Wildman–Crippen MR) is 115 cm³/mol. The van der Waals surface area contributed by atoms with Gasteiger partial charge in [0.15, 0.2) is 10.8 Å². The largest absolute Gasteiger partial charge is 0.495 e. The molecule has 4 aromatic rings. The van der Waals surface area contributed by atoms with E-state index >= 15 is 0 Å². The van der Waals surface area contributed by atoms with Crippen molar-refractivity contribution < 1.29 is 14.3 Å². The fraction of sp³-hybridized carbons (Fsp3) is 0.238. The first-order valence-electron chi connectivity index (χ1n) is 9.24. The molecule has 9 heteroatoms. The Kier molecular flexibility index (Phi) is 5.37. The van der Waals surface area contributed by atoms with Gasteiger partial charge >= 0.3 is 0 Å². The van der Waals surface area contributed by atoms with E-state index in [9.17, 15) is 4.79 Å². The first-order valence-corrected chi connectivity index (χ1v) is 10.1. The van der Waals surface area contributed by atoms with E-state index in [-0.39, 0.29) is 5.91 Å². The van der Waals surface area contributed by atoms with E-state index in [1.54, 1.807) is 48.3 Å². The van der Waals surface area contributed by atoms with Crippen molar-refractivity contribution in [3.63, 3.8) is 0 Å². The number of fused-ring (bicyclic) bond motifs is 1. The molecule has 0 N–H and O–H groups in total. The van der Waals surface area contributed by atoms with Crippen LogP contribution in [0.25, 0.3) is 10.2 Å². The smallest absolute Gasteiger partial charge is 0.280 e. The van der Waals surface area contributed by atoms with Gasteiger partial charge in [-0.15, -0.1) is 0 Å². The number of carbonyl (C=O) groups is 1. The van der Waals surface area contributed by atoms with Gasteiger partial charge in [-0.1, -0.05) is 17.4 Å². The molecule has 0 atom stereocenters. The second kappa shape index (κ2) is 8.11. The third-order valence-corrected chi connectivity index (χ3v) is 5.86. The summed E-state index contributed by atoms with van der Waals surface area (Å²) >= 11 is 1.37. The highest BCUT2D eigenvalue weighted by molar-refractivity contribution is 7.22. The maximum Gasteiger partial charge on any atom is 0.280 e. The average molecular weight is 423 g/mol. The first-order chi connectivity index (χ1) is 14.5. The minimum absolute atomic E-state index is 0.237. The quantitative estimate of drug-likeness (QED) is 0.471. The van der Waals surface area contributed by atoms with E-state index < -0.39 is 0 Å². The molecule has 0 aliphatic carbocycles. The molecule has 0 spiro atoms. The molecule has 0 radical (unpaired) electrons. The van der Waals surface area contributed by atoms with E-state index in [1.807, 2.05) is 32.2 Å². The number of aryl methyl sites for hydroxylation is 2. The van der Waals surface area contributed by atoms with Crippen LogP contribution in [0, 0.1) is 6.92 Å². The molecule has 0 fully saturated rings. The lowest BCUT2D eigenvalue weighted by atomic mass is 10.2. The summed E-state index contributed by atoms with van der Waals surface area (Å²) in [5.41, 5.74) is 2.79. The predicted octanol–water partition coefficient (Wildman–Crippen LogP) is 3.60. The van der Waals surface area contributed by atoms with Crippen molar-refractivity contribution >= 4 is 32.6 Å². The second-order valence-electron chi connectivity index (χ2n) is 6.69. The Morgan fingerprint density at radius 1 is 1.20 bits per heavy atom. The average Bonchev–Trinajstić information content (AvgIpc) is 3.35. The van der Waals surface area contributed by atoms with Gasteiger partial charge in [0.1, 0.15) is 21.7 Å². The Balaban J connectivity index is 1.83. The number of pyridine rings is 1. The molecule has 8 nitrogen and oxygen atoms in total. The summed E-state index contributed by atoms with van der Waals surface area (Å²) in [4.78, 5) is 23.9. The van der Waals surface area contributed by atoms with Crippen LogP contribution in [0.15, 0.2) is 42.7 Å². The second-order valence-corrected chi connectivity index (χ2v) is 7.67. The Hall–Kier alpha value is -3.46. The van der Waals surface area contributed by atoms with E-state index in [1.165, 1.54) is 11.3 Å². The Morgan fingerprint density at radius 2 is 1.97 bits per heavy atom. The lowest BCUT2D eigenvalue weighted by molar-refractivity contribution is 0.0979. The molecule has 3 aromatic heterocycles. The molecule has 4 rings (SSSR count). The topological polar surface area (TPSA) is 82.4 Å². The van der Waals surface area contributed by atoms with E-state index in [0.29, 0.717) is 34.4 Å². The number of ether oxygens (including phenoxy) is 2. The maximum atomic E-state index is 13.4. The molecule has 0 bridgehead atoms. The van der Waals surface area contributed by atoms with Crippen molar-refractivity contribution in [2.45, 2.75) is 13.5 Å². The van der Waals surface area contributed by atoms with Crippen molar-refractivity contribution in [2.24, 2.45) is 7.05 Å². The molecule has 30 heavy (non-hydrogen) atoms. The SMILES string of the molecule is COc1ccc(OC)c2sc(N(Cc3cccnc3)C(=O)c3cc(C)n(C)n3)nc12. The van der Waals surface area contributed by atoms with E-state index in [2.05, 4.69) is 10.1 Å². The van der Waals surface area contributed by atoms with Crippen LogP contribution < -0.4 is 14.4 Å². The van der Waals surface area contributed by atoms with Crippen LogP contribution in [0.5, 0.6) is 11.5 Å². The summed E-state index contributed by atoms with van der Waals surface area (Å²) in [6, 6.07) is 9.17. The number of amides is 1. The zero-order valence-electron chi connectivity index (χ0n) is 17.1. The summed E-state index contributed by atoms with van der Waals surface area (Å²) < 4.78 is 13.4. The normalized spacial score (nSPS) is 10.9. The van der Waals surface area contributed by atoms with Gasteiger partial charge in [0, 0.05) is 25.1 Å². The van der Waals surface area contributed by atoms with Gasteiger partial charge in [-0.05, 0) is 36.8 Å². The summed E-state index contributed by atoms with van der Waals surface area (Å²) in [6.45, 7) is 2.22. The Morgan fingerprint density at radius 3 is 2.60 bits per heavy atom. The zero-order chi connectivity index (χ0) is 21.3. The fourth-order valence-electron chi connectivity index (χ4n) is 3.09. The van der Waals surface area contributed by atoms with Gasteiger partial charge in [-0.3, -0.25) is 19.4 Å². The number of carbonyl (C=O) groups excluding carboxylic acids is 1. The minimum atomic E-state index is -0.237. The highest BCUT2D eigenvalue weighted by Crippen LogP contribution is 2.40. The molecule has 0 aliphatic rings. The molecule has 1 amide bonds. The van der Waals surface area contributed by atoms with Gasteiger partial charge < -0.3 is 9.47 Å². The summed E-state index contributed by atoms with van der Waals surface area (Å²) in [5, 5.41) is 4.89. The number of anilines is 1. The fourth-order valence-corrected chi connectivity index (χ4v) is 4.17. The Labute approximate surface area is 177 Å².